The van der Waals surface area contributed by atoms with Crippen molar-refractivity contribution in [1.82, 2.24) is 0 Å². The zero-order valence-electron chi connectivity index (χ0n) is 5.84. The Morgan fingerprint density at radius 1 is 1.45 bits per heavy atom. The van der Waals surface area contributed by atoms with Crippen LogP contribution in [-0.4, -0.2) is 41.8 Å². The second-order valence-electron chi connectivity index (χ2n) is 1.85. The molecule has 2 N–H and O–H groups in total. The van der Waals surface area contributed by atoms with Gasteiger partial charge >= 0.3 is 0 Å². The molecule has 0 radical (unpaired) electrons. The summed E-state index contributed by atoms with van der Waals surface area (Å²) >= 11 is 0. The van der Waals surface area contributed by atoms with E-state index in [-0.39, 0.29) is 6.42 Å². The van der Waals surface area contributed by atoms with Gasteiger partial charge in [-0.2, -0.15) is 0 Å². The molecule has 0 aromatic heterocycles. The molecule has 5 heteroatoms. The first-order chi connectivity index (χ1) is 5.24. The van der Waals surface area contributed by atoms with Gasteiger partial charge in [-0.1, -0.05) is 0 Å². The molecule has 0 rings (SSSR count). The highest BCUT2D eigenvalue weighted by Gasteiger charge is 2.11. The van der Waals surface area contributed by atoms with E-state index in [0.717, 1.165) is 0 Å². The van der Waals surface area contributed by atoms with Crippen molar-refractivity contribution in [2.75, 3.05) is 6.61 Å². The number of aliphatic hydroxyl groups is 2. The molecular formula is C6H10O5. The lowest BCUT2D eigenvalue weighted by Crippen LogP contribution is -2.26. The fourth-order valence-electron chi connectivity index (χ4n) is 0.458. The summed E-state index contributed by atoms with van der Waals surface area (Å²) in [5.41, 5.74) is 0. The Balaban J connectivity index is 3.60. The van der Waals surface area contributed by atoms with Gasteiger partial charge < -0.3 is 24.5 Å². The van der Waals surface area contributed by atoms with Gasteiger partial charge in [-0.05, 0) is 0 Å². The standard InChI is InChI=1S/C6H10O5/c7-2-1-6(10)11-5(3-8)4-9/h2-3,5-6,9-10H,1,4H2/t5?,6-/m1/s1. The van der Waals surface area contributed by atoms with Gasteiger partial charge in [0.1, 0.15) is 12.4 Å². The van der Waals surface area contributed by atoms with Crippen LogP contribution in [0.1, 0.15) is 6.42 Å². The van der Waals surface area contributed by atoms with Gasteiger partial charge in [-0.3, -0.25) is 0 Å². The monoisotopic (exact) mass is 162 g/mol. The minimum Gasteiger partial charge on any atom is -0.393 e. The summed E-state index contributed by atoms with van der Waals surface area (Å²) in [6.07, 6.45) is -1.75. The second kappa shape index (κ2) is 5.96. The van der Waals surface area contributed by atoms with Crippen molar-refractivity contribution in [2.45, 2.75) is 18.8 Å². The van der Waals surface area contributed by atoms with Crippen LogP contribution in [0.4, 0.5) is 0 Å². The van der Waals surface area contributed by atoms with E-state index >= 15 is 0 Å². The molecule has 0 saturated heterocycles. The molecule has 0 fully saturated rings. The SMILES string of the molecule is O=CC[C@H](O)OC(C=O)CO. The average Bonchev–Trinajstić information content (AvgIpc) is 2.01. The first-order valence-corrected chi connectivity index (χ1v) is 3.08. The molecule has 5 nitrogen and oxygen atoms in total. The zero-order valence-corrected chi connectivity index (χ0v) is 5.84. The predicted molar refractivity (Wildman–Crippen MR) is 34.7 cm³/mol. The number of aliphatic hydroxyl groups excluding tert-OH is 2. The van der Waals surface area contributed by atoms with Crippen LogP contribution in [0.3, 0.4) is 0 Å². The van der Waals surface area contributed by atoms with Gasteiger partial charge in [0.05, 0.1) is 13.0 Å². The van der Waals surface area contributed by atoms with E-state index in [4.69, 9.17) is 10.2 Å². The minimum atomic E-state index is -1.31. The first kappa shape index (κ1) is 10.2. The number of carbonyl (C=O) groups is 2. The Kier molecular flexibility index (Phi) is 5.54. The summed E-state index contributed by atoms with van der Waals surface area (Å²) in [4.78, 5) is 19.8. The van der Waals surface area contributed by atoms with Crippen molar-refractivity contribution in [2.24, 2.45) is 0 Å². The summed E-state index contributed by atoms with van der Waals surface area (Å²) in [5, 5.41) is 17.1. The molecule has 0 bridgehead atoms. The average molecular weight is 162 g/mol. The van der Waals surface area contributed by atoms with Crippen LogP contribution in [-0.2, 0) is 14.3 Å². The van der Waals surface area contributed by atoms with Gasteiger partial charge in [0.2, 0.25) is 0 Å². The number of ether oxygens (including phenoxy) is 1. The molecule has 0 aromatic rings. The summed E-state index contributed by atoms with van der Waals surface area (Å²) in [6, 6.07) is 0. The molecule has 0 aliphatic carbocycles. The molecule has 0 aliphatic rings. The van der Waals surface area contributed by atoms with Gasteiger partial charge in [-0.15, -0.1) is 0 Å². The largest absolute Gasteiger partial charge is 0.393 e. The first-order valence-electron chi connectivity index (χ1n) is 3.08. The zero-order chi connectivity index (χ0) is 8.69. The number of carbonyl (C=O) groups excluding carboxylic acids is 2. The number of hydrogen-bond donors (Lipinski definition) is 2. The van der Waals surface area contributed by atoms with Crippen LogP contribution >= 0.6 is 0 Å². The predicted octanol–water partition coefficient (Wildman–Crippen LogP) is -1.53. The number of aldehydes is 2. The topological polar surface area (TPSA) is 83.8 Å². The highest BCUT2D eigenvalue weighted by Crippen LogP contribution is 1.95. The van der Waals surface area contributed by atoms with Crippen LogP contribution in [0.2, 0.25) is 0 Å². The van der Waals surface area contributed by atoms with E-state index < -0.39 is 19.0 Å². The lowest BCUT2D eigenvalue weighted by molar-refractivity contribution is -0.159. The van der Waals surface area contributed by atoms with E-state index in [9.17, 15) is 9.59 Å². The maximum atomic E-state index is 9.99. The quantitative estimate of drug-likeness (QED) is 0.365. The molecule has 0 heterocycles. The smallest absolute Gasteiger partial charge is 0.162 e. The normalized spacial score (nSPS) is 15.5. The van der Waals surface area contributed by atoms with Crippen LogP contribution in [0, 0.1) is 0 Å². The Hall–Kier alpha value is -0.780. The van der Waals surface area contributed by atoms with Crippen molar-refractivity contribution in [3.05, 3.63) is 0 Å². The minimum absolute atomic E-state index is 0.204. The van der Waals surface area contributed by atoms with Crippen LogP contribution in [0.5, 0.6) is 0 Å². The molecule has 0 saturated carbocycles. The molecule has 0 aliphatic heterocycles. The molecule has 0 spiro atoms. The van der Waals surface area contributed by atoms with Crippen LogP contribution in [0.25, 0.3) is 0 Å². The molecule has 0 aromatic carbocycles. The highest BCUT2D eigenvalue weighted by atomic mass is 16.6. The fourth-order valence-corrected chi connectivity index (χ4v) is 0.458. The third-order valence-electron chi connectivity index (χ3n) is 0.961. The summed E-state index contributed by atoms with van der Waals surface area (Å²) in [6.45, 7) is -0.501. The van der Waals surface area contributed by atoms with Crippen molar-refractivity contribution in [1.29, 1.82) is 0 Å². The fraction of sp³-hybridized carbons (Fsp3) is 0.667. The lowest BCUT2D eigenvalue weighted by atomic mass is 10.4. The maximum Gasteiger partial charge on any atom is 0.162 e. The molecule has 11 heavy (non-hydrogen) atoms. The Bertz CT molecular complexity index is 124. The molecule has 64 valence electrons. The van der Waals surface area contributed by atoms with Crippen molar-refractivity contribution >= 4 is 12.6 Å². The van der Waals surface area contributed by atoms with Crippen molar-refractivity contribution < 1.29 is 24.5 Å². The Morgan fingerprint density at radius 3 is 2.45 bits per heavy atom. The lowest BCUT2D eigenvalue weighted by Gasteiger charge is -2.12. The second-order valence-corrected chi connectivity index (χ2v) is 1.85. The van der Waals surface area contributed by atoms with E-state index in [2.05, 4.69) is 4.74 Å². The third-order valence-corrected chi connectivity index (χ3v) is 0.961. The van der Waals surface area contributed by atoms with Crippen molar-refractivity contribution in [3.8, 4) is 0 Å². The van der Waals surface area contributed by atoms with Gasteiger partial charge in [0, 0.05) is 0 Å². The van der Waals surface area contributed by atoms with Gasteiger partial charge in [0.25, 0.3) is 0 Å². The van der Waals surface area contributed by atoms with E-state index in [0.29, 0.717) is 12.6 Å². The third kappa shape index (κ3) is 4.60. The maximum absolute atomic E-state index is 9.99. The molecular weight excluding hydrogens is 152 g/mol. The Labute approximate surface area is 63.6 Å². The Morgan fingerprint density at radius 2 is 2.09 bits per heavy atom. The van der Waals surface area contributed by atoms with Crippen LogP contribution < -0.4 is 0 Å². The van der Waals surface area contributed by atoms with Gasteiger partial charge in [-0.25, -0.2) is 0 Å². The molecule has 2 atom stereocenters. The number of rotatable bonds is 6. The van der Waals surface area contributed by atoms with Gasteiger partial charge in [0.15, 0.2) is 12.6 Å². The summed E-state index contributed by atoms with van der Waals surface area (Å²) in [5.74, 6) is 0. The van der Waals surface area contributed by atoms with Crippen LogP contribution in [0.15, 0.2) is 0 Å². The van der Waals surface area contributed by atoms with E-state index in [1.54, 1.807) is 0 Å². The number of hydrogen-bond acceptors (Lipinski definition) is 5. The van der Waals surface area contributed by atoms with E-state index in [1.165, 1.54) is 0 Å². The molecule has 0 amide bonds. The summed E-state index contributed by atoms with van der Waals surface area (Å²) in [7, 11) is 0. The highest BCUT2D eigenvalue weighted by molar-refractivity contribution is 5.56. The summed E-state index contributed by atoms with van der Waals surface area (Å²) < 4.78 is 4.50. The van der Waals surface area contributed by atoms with Crippen molar-refractivity contribution in [3.63, 3.8) is 0 Å². The van der Waals surface area contributed by atoms with E-state index in [1.807, 2.05) is 0 Å². The molecule has 1 unspecified atom stereocenters.